The number of hydrogen-bond donors (Lipinski definition) is 2. The Hall–Kier alpha value is -2.04. The fraction of sp³-hybridized carbons (Fsp3) is 0.556. The van der Waals surface area contributed by atoms with Crippen molar-refractivity contribution in [2.45, 2.75) is 59.7 Å². The van der Waals surface area contributed by atoms with Gasteiger partial charge in [-0.2, -0.15) is 0 Å². The van der Waals surface area contributed by atoms with Gasteiger partial charge in [0.15, 0.2) is 0 Å². The maximum atomic E-state index is 12.1. The molecule has 0 aliphatic carbocycles. The van der Waals surface area contributed by atoms with Crippen LogP contribution in [0.5, 0.6) is 0 Å². The fourth-order valence-corrected chi connectivity index (χ4v) is 1.72. The molecule has 0 bridgehead atoms. The normalized spacial score (nSPS) is 12.7. The second kappa shape index (κ2) is 7.99. The third-order valence-corrected chi connectivity index (χ3v) is 3.41. The number of nitrogens with one attached hydrogen (secondary N) is 2. The maximum absolute atomic E-state index is 12.1. The summed E-state index contributed by atoms with van der Waals surface area (Å²) < 4.78 is 5.17. The van der Waals surface area contributed by atoms with E-state index in [2.05, 4.69) is 24.5 Å². The van der Waals surface area contributed by atoms with E-state index in [9.17, 15) is 9.59 Å². The van der Waals surface area contributed by atoms with E-state index >= 15 is 0 Å². The van der Waals surface area contributed by atoms with Gasteiger partial charge in [0.1, 0.15) is 5.60 Å². The molecule has 0 fully saturated rings. The van der Waals surface area contributed by atoms with Gasteiger partial charge in [0.2, 0.25) is 0 Å². The maximum Gasteiger partial charge on any atom is 0.407 e. The molecule has 0 saturated carbocycles. The standard InChI is InChI=1S/C18H28N2O3/c1-12(2)13(3)20-16(21)15-9-7-14(8-10-15)11-19-17(22)23-18(4,5)6/h7-10,12-13H,11H2,1-6H3,(H,19,22)(H,20,21). The smallest absolute Gasteiger partial charge is 0.407 e. The highest BCUT2D eigenvalue weighted by Gasteiger charge is 2.16. The molecule has 0 aliphatic rings. The molecule has 0 aliphatic heterocycles. The Morgan fingerprint density at radius 1 is 1.09 bits per heavy atom. The van der Waals surface area contributed by atoms with Crippen molar-refractivity contribution in [2.75, 3.05) is 0 Å². The summed E-state index contributed by atoms with van der Waals surface area (Å²) in [6, 6.07) is 7.29. The Morgan fingerprint density at radius 2 is 1.65 bits per heavy atom. The van der Waals surface area contributed by atoms with Gasteiger partial charge in [0.25, 0.3) is 5.91 Å². The third kappa shape index (κ3) is 7.17. The molecule has 2 N–H and O–H groups in total. The van der Waals surface area contributed by atoms with Crippen molar-refractivity contribution in [3.8, 4) is 0 Å². The van der Waals surface area contributed by atoms with Crippen molar-refractivity contribution in [2.24, 2.45) is 5.92 Å². The van der Waals surface area contributed by atoms with Gasteiger partial charge < -0.3 is 15.4 Å². The quantitative estimate of drug-likeness (QED) is 0.872. The number of carbonyl (C=O) groups excluding carboxylic acids is 2. The van der Waals surface area contributed by atoms with Gasteiger partial charge in [-0.3, -0.25) is 4.79 Å². The number of hydrogen-bond acceptors (Lipinski definition) is 3. The van der Waals surface area contributed by atoms with Crippen LogP contribution in [-0.2, 0) is 11.3 Å². The van der Waals surface area contributed by atoms with Crippen molar-refractivity contribution in [3.05, 3.63) is 35.4 Å². The summed E-state index contributed by atoms with van der Waals surface area (Å²) in [5.74, 6) is 0.300. The molecular formula is C18H28N2O3. The molecule has 1 rings (SSSR count). The van der Waals surface area contributed by atoms with Crippen molar-refractivity contribution >= 4 is 12.0 Å². The highest BCUT2D eigenvalue weighted by molar-refractivity contribution is 5.94. The van der Waals surface area contributed by atoms with Crippen molar-refractivity contribution in [1.29, 1.82) is 0 Å². The lowest BCUT2D eigenvalue weighted by Crippen LogP contribution is -2.36. The fourth-order valence-electron chi connectivity index (χ4n) is 1.72. The van der Waals surface area contributed by atoms with E-state index < -0.39 is 11.7 Å². The summed E-state index contributed by atoms with van der Waals surface area (Å²) in [5.41, 5.74) is 1.00. The Labute approximate surface area is 138 Å². The molecule has 0 saturated heterocycles. The van der Waals surface area contributed by atoms with E-state index in [-0.39, 0.29) is 11.9 Å². The summed E-state index contributed by atoms with van der Waals surface area (Å²) in [4.78, 5) is 23.7. The Balaban J connectivity index is 2.53. The highest BCUT2D eigenvalue weighted by Crippen LogP contribution is 2.09. The van der Waals surface area contributed by atoms with Gasteiger partial charge in [-0.25, -0.2) is 4.79 Å². The lowest BCUT2D eigenvalue weighted by molar-refractivity contribution is 0.0523. The Bertz CT molecular complexity index is 530. The minimum atomic E-state index is -0.515. The molecule has 23 heavy (non-hydrogen) atoms. The monoisotopic (exact) mass is 320 g/mol. The summed E-state index contributed by atoms with van der Waals surface area (Å²) >= 11 is 0. The summed E-state index contributed by atoms with van der Waals surface area (Å²) in [5, 5.41) is 5.65. The molecule has 1 atom stereocenters. The molecule has 5 nitrogen and oxygen atoms in total. The lowest BCUT2D eigenvalue weighted by atomic mass is 10.1. The number of alkyl carbamates (subject to hydrolysis) is 1. The predicted molar refractivity (Wildman–Crippen MR) is 91.3 cm³/mol. The van der Waals surface area contributed by atoms with E-state index in [0.717, 1.165) is 5.56 Å². The molecule has 2 amide bonds. The highest BCUT2D eigenvalue weighted by atomic mass is 16.6. The van der Waals surface area contributed by atoms with E-state index in [1.54, 1.807) is 12.1 Å². The molecule has 1 unspecified atom stereocenters. The van der Waals surface area contributed by atoms with E-state index in [0.29, 0.717) is 18.0 Å². The van der Waals surface area contributed by atoms with Crippen LogP contribution in [0.1, 0.15) is 57.5 Å². The molecule has 0 radical (unpaired) electrons. The first kappa shape index (κ1) is 19.0. The Morgan fingerprint density at radius 3 is 2.13 bits per heavy atom. The molecule has 0 aromatic heterocycles. The molecule has 128 valence electrons. The van der Waals surface area contributed by atoms with Crippen LogP contribution in [0.2, 0.25) is 0 Å². The van der Waals surface area contributed by atoms with Crippen LogP contribution in [-0.4, -0.2) is 23.6 Å². The van der Waals surface area contributed by atoms with Crippen LogP contribution in [0.25, 0.3) is 0 Å². The number of benzene rings is 1. The Kier molecular flexibility index (Phi) is 6.61. The first-order chi connectivity index (χ1) is 10.6. The number of ether oxygens (including phenoxy) is 1. The van der Waals surface area contributed by atoms with E-state index in [1.165, 1.54) is 0 Å². The number of carbonyl (C=O) groups is 2. The summed E-state index contributed by atoms with van der Waals surface area (Å²) in [6.45, 7) is 11.9. The molecular weight excluding hydrogens is 292 g/mol. The topological polar surface area (TPSA) is 67.4 Å². The molecule has 5 heteroatoms. The average Bonchev–Trinajstić information content (AvgIpc) is 2.43. The second-order valence-electron chi connectivity index (χ2n) is 7.06. The lowest BCUT2D eigenvalue weighted by Gasteiger charge is -2.19. The van der Waals surface area contributed by atoms with Crippen LogP contribution in [0.4, 0.5) is 4.79 Å². The van der Waals surface area contributed by atoms with Gasteiger partial charge >= 0.3 is 6.09 Å². The van der Waals surface area contributed by atoms with Gasteiger partial charge in [-0.15, -0.1) is 0 Å². The van der Waals surface area contributed by atoms with Crippen LogP contribution >= 0.6 is 0 Å². The van der Waals surface area contributed by atoms with Crippen molar-refractivity contribution in [1.82, 2.24) is 10.6 Å². The minimum Gasteiger partial charge on any atom is -0.444 e. The number of rotatable bonds is 5. The van der Waals surface area contributed by atoms with Crippen LogP contribution in [0.15, 0.2) is 24.3 Å². The second-order valence-corrected chi connectivity index (χ2v) is 7.06. The first-order valence-electron chi connectivity index (χ1n) is 7.95. The molecule has 0 spiro atoms. The zero-order valence-electron chi connectivity index (χ0n) is 14.9. The summed E-state index contributed by atoms with van der Waals surface area (Å²) in [7, 11) is 0. The minimum absolute atomic E-state index is 0.0853. The average molecular weight is 320 g/mol. The van der Waals surface area contributed by atoms with Crippen LogP contribution in [0, 0.1) is 5.92 Å². The van der Waals surface area contributed by atoms with Gasteiger partial charge in [-0.05, 0) is 51.3 Å². The SMILES string of the molecule is CC(C)C(C)NC(=O)c1ccc(CNC(=O)OC(C)(C)C)cc1. The van der Waals surface area contributed by atoms with Gasteiger partial charge in [-0.1, -0.05) is 26.0 Å². The zero-order valence-corrected chi connectivity index (χ0v) is 14.9. The van der Waals surface area contributed by atoms with Crippen molar-refractivity contribution in [3.63, 3.8) is 0 Å². The van der Waals surface area contributed by atoms with Crippen LogP contribution in [0.3, 0.4) is 0 Å². The molecule has 1 aromatic carbocycles. The first-order valence-corrected chi connectivity index (χ1v) is 7.95. The van der Waals surface area contributed by atoms with E-state index in [4.69, 9.17) is 4.74 Å². The third-order valence-electron chi connectivity index (χ3n) is 3.41. The van der Waals surface area contributed by atoms with Crippen molar-refractivity contribution < 1.29 is 14.3 Å². The van der Waals surface area contributed by atoms with Gasteiger partial charge in [0, 0.05) is 18.2 Å². The number of amides is 2. The van der Waals surface area contributed by atoms with Gasteiger partial charge in [0.05, 0.1) is 0 Å². The largest absolute Gasteiger partial charge is 0.444 e. The van der Waals surface area contributed by atoms with E-state index in [1.807, 2.05) is 39.8 Å². The predicted octanol–water partition coefficient (Wildman–Crippen LogP) is 3.49. The van der Waals surface area contributed by atoms with Crippen LogP contribution < -0.4 is 10.6 Å². The zero-order chi connectivity index (χ0) is 17.6. The summed E-state index contributed by atoms with van der Waals surface area (Å²) in [6.07, 6.45) is -0.454. The molecule has 0 heterocycles. The molecule has 1 aromatic rings.